The number of hydrogen-bond acceptors (Lipinski definition) is 5. The average Bonchev–Trinajstić information content (AvgIpc) is 3.28. The van der Waals surface area contributed by atoms with Crippen LogP contribution in [0.4, 0.5) is 0 Å². The molecule has 1 aromatic heterocycles. The second kappa shape index (κ2) is 10.6. The summed E-state index contributed by atoms with van der Waals surface area (Å²) in [6.45, 7) is 2.62. The predicted octanol–water partition coefficient (Wildman–Crippen LogP) is 5.49. The van der Waals surface area contributed by atoms with Gasteiger partial charge < -0.3 is 0 Å². The number of aromatic nitrogens is 1. The van der Waals surface area contributed by atoms with Gasteiger partial charge in [0.15, 0.2) is 0 Å². The Labute approximate surface area is 200 Å². The van der Waals surface area contributed by atoms with E-state index in [9.17, 15) is 0 Å². The summed E-state index contributed by atoms with van der Waals surface area (Å²) in [4.78, 5) is 5.11. The molecule has 0 aliphatic rings. The van der Waals surface area contributed by atoms with E-state index in [1.165, 1.54) is 14.6 Å². The molecule has 1 heterocycles. The molecule has 5 nitrogen and oxygen atoms in total. The Morgan fingerprint density at radius 3 is 2.03 bits per heavy atom. The molecule has 0 fully saturated rings. The van der Waals surface area contributed by atoms with Gasteiger partial charge in [0.05, 0.1) is 0 Å². The molecule has 33 heavy (non-hydrogen) atoms. The average molecular weight is 508 g/mol. The summed E-state index contributed by atoms with van der Waals surface area (Å²) >= 11 is 0.0500. The Hall–Kier alpha value is -3.21. The zero-order chi connectivity index (χ0) is 23.2. The van der Waals surface area contributed by atoms with Gasteiger partial charge in [0.1, 0.15) is 0 Å². The maximum atomic E-state index is 5.63. The molecule has 0 radical (unpaired) electrons. The van der Waals surface area contributed by atoms with Gasteiger partial charge >= 0.3 is 201 Å². The van der Waals surface area contributed by atoms with E-state index in [0.29, 0.717) is 23.9 Å². The van der Waals surface area contributed by atoms with Crippen molar-refractivity contribution in [3.05, 3.63) is 76.9 Å². The van der Waals surface area contributed by atoms with Gasteiger partial charge in [0, 0.05) is 0 Å². The number of ether oxygens (including phenoxy) is 4. The number of rotatable bonds is 9. The summed E-state index contributed by atoms with van der Waals surface area (Å²) in [6.07, 6.45) is 0.829. The molecule has 170 valence electrons. The van der Waals surface area contributed by atoms with Crippen LogP contribution in [0.2, 0.25) is 0 Å². The first-order chi connectivity index (χ1) is 16.2. The van der Waals surface area contributed by atoms with Crippen molar-refractivity contribution in [2.24, 2.45) is 0 Å². The van der Waals surface area contributed by atoms with Crippen molar-refractivity contribution in [2.75, 3.05) is 27.9 Å². The van der Waals surface area contributed by atoms with Gasteiger partial charge in [-0.25, -0.2) is 0 Å². The van der Waals surface area contributed by atoms with Crippen LogP contribution in [0.15, 0.2) is 66.7 Å². The van der Waals surface area contributed by atoms with Crippen LogP contribution >= 0.6 is 0 Å². The monoisotopic (exact) mass is 509 g/mol. The van der Waals surface area contributed by atoms with Crippen molar-refractivity contribution in [3.63, 3.8) is 0 Å². The Morgan fingerprint density at radius 2 is 1.45 bits per heavy atom. The van der Waals surface area contributed by atoms with Gasteiger partial charge in [-0.2, -0.15) is 0 Å². The molecule has 3 aromatic carbocycles. The van der Waals surface area contributed by atoms with Gasteiger partial charge in [0.2, 0.25) is 0 Å². The zero-order valence-electron chi connectivity index (χ0n) is 19.3. The minimum atomic E-state index is 0.0500. The van der Waals surface area contributed by atoms with Crippen LogP contribution in [-0.4, -0.2) is 47.4 Å². The van der Waals surface area contributed by atoms with Crippen LogP contribution in [-0.2, 0) is 6.42 Å². The molecule has 4 rings (SSSR count). The van der Waals surface area contributed by atoms with E-state index in [2.05, 4.69) is 36.4 Å². The molecule has 0 saturated carbocycles. The third-order valence-corrected chi connectivity index (χ3v) is 7.55. The summed E-state index contributed by atoms with van der Waals surface area (Å²) in [5, 5.41) is 0. The van der Waals surface area contributed by atoms with Crippen molar-refractivity contribution < 1.29 is 18.9 Å². The van der Waals surface area contributed by atoms with Crippen molar-refractivity contribution in [1.82, 2.24) is 4.98 Å². The SMILES string of the molecule is CCOc1ccc(-c2nc(Cc3ccccc3)[se]c2-c2cc(OC)c(OC)c(OC)c2)cc1. The van der Waals surface area contributed by atoms with E-state index in [1.807, 2.05) is 37.3 Å². The fourth-order valence-corrected chi connectivity index (χ4v) is 6.01. The maximum absolute atomic E-state index is 5.63. The molecule has 0 spiro atoms. The van der Waals surface area contributed by atoms with Crippen LogP contribution in [0.25, 0.3) is 21.3 Å². The first-order valence-electron chi connectivity index (χ1n) is 10.7. The summed E-state index contributed by atoms with van der Waals surface area (Å²) in [7, 11) is 4.89. The molecule has 0 N–H and O–H groups in total. The third-order valence-electron chi connectivity index (χ3n) is 5.24. The van der Waals surface area contributed by atoms with E-state index < -0.39 is 0 Å². The van der Waals surface area contributed by atoms with Crippen LogP contribution < -0.4 is 18.9 Å². The van der Waals surface area contributed by atoms with Gasteiger partial charge in [-0.1, -0.05) is 0 Å². The van der Waals surface area contributed by atoms with Crippen LogP contribution in [0.3, 0.4) is 0 Å². The molecule has 0 saturated heterocycles. The summed E-state index contributed by atoms with van der Waals surface area (Å²) < 4.78 is 24.7. The summed E-state index contributed by atoms with van der Waals surface area (Å²) in [5.41, 5.74) is 4.33. The fraction of sp³-hybridized carbons (Fsp3) is 0.222. The molecule has 0 unspecified atom stereocenters. The number of methoxy groups -OCH3 is 3. The Morgan fingerprint density at radius 1 is 0.788 bits per heavy atom. The second-order valence-corrected chi connectivity index (χ2v) is 9.59. The molecule has 0 aliphatic carbocycles. The number of benzene rings is 3. The van der Waals surface area contributed by atoms with Crippen LogP contribution in [0.1, 0.15) is 17.1 Å². The Kier molecular flexibility index (Phi) is 7.38. The van der Waals surface area contributed by atoms with Gasteiger partial charge in [-0.05, 0) is 0 Å². The standard InChI is InChI=1S/C27H27NO4Se/c1-5-32-21-13-11-19(12-14-21)25-27(33-24(28-25)15-18-9-7-6-8-10-18)20-16-22(29-2)26(31-4)23(17-20)30-3/h6-14,16-17H,5,15H2,1-4H3. The topological polar surface area (TPSA) is 49.8 Å². The van der Waals surface area contributed by atoms with Gasteiger partial charge in [-0.15, -0.1) is 0 Å². The van der Waals surface area contributed by atoms with E-state index in [4.69, 9.17) is 23.9 Å². The van der Waals surface area contributed by atoms with Crippen molar-refractivity contribution >= 4 is 14.5 Å². The molecular formula is C27H27NO4Se. The second-order valence-electron chi connectivity index (χ2n) is 7.32. The van der Waals surface area contributed by atoms with E-state index >= 15 is 0 Å². The quantitative estimate of drug-likeness (QED) is 0.280. The van der Waals surface area contributed by atoms with Crippen molar-refractivity contribution in [1.29, 1.82) is 0 Å². The fourth-order valence-electron chi connectivity index (χ4n) is 3.69. The molecule has 6 heteroatoms. The zero-order valence-corrected chi connectivity index (χ0v) is 21.0. The first kappa shape index (κ1) is 23.0. The van der Waals surface area contributed by atoms with Gasteiger partial charge in [-0.3, -0.25) is 0 Å². The molecule has 4 aromatic rings. The van der Waals surface area contributed by atoms with E-state index in [-0.39, 0.29) is 14.5 Å². The number of nitrogens with zero attached hydrogens (tertiary/aromatic N) is 1. The van der Waals surface area contributed by atoms with E-state index in [0.717, 1.165) is 29.0 Å². The summed E-state index contributed by atoms with van der Waals surface area (Å²) in [6, 6.07) is 22.6. The van der Waals surface area contributed by atoms with Crippen molar-refractivity contribution in [2.45, 2.75) is 13.3 Å². The van der Waals surface area contributed by atoms with Crippen LogP contribution in [0, 0.1) is 0 Å². The minimum absolute atomic E-state index is 0.0500. The molecule has 0 atom stereocenters. The molecule has 0 bridgehead atoms. The predicted molar refractivity (Wildman–Crippen MR) is 132 cm³/mol. The Balaban J connectivity index is 1.83. The Bertz CT molecular complexity index is 1180. The number of hydrogen-bond donors (Lipinski definition) is 0. The van der Waals surface area contributed by atoms with Crippen LogP contribution in [0.5, 0.6) is 23.0 Å². The molecule has 0 aliphatic heterocycles. The summed E-state index contributed by atoms with van der Waals surface area (Å²) in [5.74, 6) is 2.71. The normalized spacial score (nSPS) is 10.7. The molecular weight excluding hydrogens is 481 g/mol. The van der Waals surface area contributed by atoms with Crippen molar-refractivity contribution in [3.8, 4) is 44.3 Å². The first-order valence-corrected chi connectivity index (χ1v) is 12.4. The molecule has 0 amide bonds. The third kappa shape index (κ3) is 5.08. The van der Waals surface area contributed by atoms with Gasteiger partial charge in [0.25, 0.3) is 0 Å². The van der Waals surface area contributed by atoms with E-state index in [1.54, 1.807) is 21.3 Å².